The fourth-order valence-electron chi connectivity index (χ4n) is 4.59. The van der Waals surface area contributed by atoms with Crippen LogP contribution in [0.2, 0.25) is 0 Å². The van der Waals surface area contributed by atoms with E-state index >= 15 is 0 Å². The summed E-state index contributed by atoms with van der Waals surface area (Å²) in [7, 11) is 0. The quantitative estimate of drug-likeness (QED) is 0.461. The molecule has 32 heavy (non-hydrogen) atoms. The van der Waals surface area contributed by atoms with Gasteiger partial charge in [-0.25, -0.2) is 4.79 Å². The number of likely N-dealkylation sites (tertiary alicyclic amines) is 1. The van der Waals surface area contributed by atoms with Gasteiger partial charge in [-0.1, -0.05) is 53.7 Å². The number of aromatic nitrogens is 3. The molecule has 0 aliphatic carbocycles. The smallest absolute Gasteiger partial charge is 0.326 e. The zero-order valence-corrected chi connectivity index (χ0v) is 18.1. The van der Waals surface area contributed by atoms with Crippen molar-refractivity contribution < 1.29 is 4.52 Å². The SMILES string of the molecule is O=c1[nH]c2ccccc2n1C1CCN(CCCc2cc(/C=C/c3ccccc3)no2)CC1. The van der Waals surface area contributed by atoms with Gasteiger partial charge in [0, 0.05) is 31.6 Å². The molecule has 1 fully saturated rings. The van der Waals surface area contributed by atoms with Gasteiger partial charge in [-0.05, 0) is 49.6 Å². The predicted octanol–water partition coefficient (Wildman–Crippen LogP) is 4.76. The van der Waals surface area contributed by atoms with Gasteiger partial charge in [-0.3, -0.25) is 4.57 Å². The Hall–Kier alpha value is -3.38. The normalized spacial score (nSPS) is 15.8. The van der Waals surface area contributed by atoms with E-state index in [4.69, 9.17) is 4.52 Å². The number of nitrogens with zero attached hydrogens (tertiary/aromatic N) is 3. The summed E-state index contributed by atoms with van der Waals surface area (Å²) in [5.74, 6) is 0.929. The first kappa shape index (κ1) is 20.5. The Morgan fingerprint density at radius 2 is 1.81 bits per heavy atom. The molecule has 2 aromatic heterocycles. The molecule has 0 radical (unpaired) electrons. The van der Waals surface area contributed by atoms with Crippen LogP contribution in [0, 0.1) is 0 Å². The van der Waals surface area contributed by atoms with Crippen LogP contribution in [0.5, 0.6) is 0 Å². The van der Waals surface area contributed by atoms with E-state index in [2.05, 4.69) is 27.2 Å². The number of rotatable bonds is 7. The van der Waals surface area contributed by atoms with Crippen molar-refractivity contribution in [2.24, 2.45) is 0 Å². The standard InChI is InChI=1S/C26H28N4O2/c31-26-27-24-10-4-5-11-25(24)30(26)22-14-17-29(18-15-22)16-6-9-23-19-21(28-32-23)13-12-20-7-2-1-3-8-20/h1-5,7-8,10-13,19,22H,6,9,14-18H2,(H,27,31)/b13-12+. The van der Waals surface area contributed by atoms with Gasteiger partial charge in [0.15, 0.2) is 0 Å². The second-order valence-electron chi connectivity index (χ2n) is 8.46. The van der Waals surface area contributed by atoms with E-state index in [-0.39, 0.29) is 11.7 Å². The van der Waals surface area contributed by atoms with Gasteiger partial charge in [0.05, 0.1) is 11.0 Å². The van der Waals surface area contributed by atoms with Gasteiger partial charge in [-0.15, -0.1) is 0 Å². The molecule has 0 amide bonds. The number of benzene rings is 2. The lowest BCUT2D eigenvalue weighted by molar-refractivity contribution is 0.184. The number of aryl methyl sites for hydroxylation is 1. The summed E-state index contributed by atoms with van der Waals surface area (Å²) in [5, 5.41) is 4.16. The summed E-state index contributed by atoms with van der Waals surface area (Å²) in [4.78, 5) is 17.9. The summed E-state index contributed by atoms with van der Waals surface area (Å²) in [6.45, 7) is 3.06. The maximum absolute atomic E-state index is 12.5. The van der Waals surface area contributed by atoms with Crippen molar-refractivity contribution in [1.29, 1.82) is 0 Å². The highest BCUT2D eigenvalue weighted by Crippen LogP contribution is 2.25. The Morgan fingerprint density at radius 3 is 2.66 bits per heavy atom. The molecule has 0 spiro atoms. The van der Waals surface area contributed by atoms with Gasteiger partial charge in [-0.2, -0.15) is 0 Å². The highest BCUT2D eigenvalue weighted by atomic mass is 16.5. The topological polar surface area (TPSA) is 67.1 Å². The third-order valence-electron chi connectivity index (χ3n) is 6.27. The molecule has 6 nitrogen and oxygen atoms in total. The molecule has 6 heteroatoms. The van der Waals surface area contributed by atoms with E-state index in [0.29, 0.717) is 0 Å². The van der Waals surface area contributed by atoms with Crippen molar-refractivity contribution in [3.8, 4) is 0 Å². The molecule has 5 rings (SSSR count). The number of hydrogen-bond donors (Lipinski definition) is 1. The maximum atomic E-state index is 12.5. The zero-order chi connectivity index (χ0) is 21.8. The molecule has 1 saturated heterocycles. The van der Waals surface area contributed by atoms with Crippen molar-refractivity contribution in [2.45, 2.75) is 31.7 Å². The first-order chi connectivity index (χ1) is 15.8. The number of piperidine rings is 1. The molecule has 1 aliphatic heterocycles. The Kier molecular flexibility index (Phi) is 6.03. The second kappa shape index (κ2) is 9.40. The summed E-state index contributed by atoms with van der Waals surface area (Å²) >= 11 is 0. The zero-order valence-electron chi connectivity index (χ0n) is 18.1. The van der Waals surface area contributed by atoms with Crippen LogP contribution in [0.3, 0.4) is 0 Å². The van der Waals surface area contributed by atoms with E-state index in [1.54, 1.807) is 0 Å². The van der Waals surface area contributed by atoms with Crippen LogP contribution < -0.4 is 5.69 Å². The Labute approximate surface area is 187 Å². The van der Waals surface area contributed by atoms with Gasteiger partial charge >= 0.3 is 5.69 Å². The molecule has 3 heterocycles. The number of para-hydroxylation sites is 2. The molecule has 1 aliphatic rings. The molecule has 164 valence electrons. The lowest BCUT2D eigenvalue weighted by Gasteiger charge is -2.32. The lowest BCUT2D eigenvalue weighted by Crippen LogP contribution is -2.37. The summed E-state index contributed by atoms with van der Waals surface area (Å²) < 4.78 is 7.45. The van der Waals surface area contributed by atoms with Crippen molar-refractivity contribution >= 4 is 23.2 Å². The number of fused-ring (bicyclic) bond motifs is 1. The molecule has 0 atom stereocenters. The lowest BCUT2D eigenvalue weighted by atomic mass is 10.0. The molecule has 0 bridgehead atoms. The van der Waals surface area contributed by atoms with Crippen LogP contribution in [0.15, 0.2) is 70.0 Å². The van der Waals surface area contributed by atoms with E-state index in [1.807, 2.05) is 65.3 Å². The maximum Gasteiger partial charge on any atom is 0.326 e. The Morgan fingerprint density at radius 1 is 1.03 bits per heavy atom. The molecule has 0 unspecified atom stereocenters. The molecule has 0 saturated carbocycles. The molecule has 2 aromatic carbocycles. The molecule has 1 N–H and O–H groups in total. The van der Waals surface area contributed by atoms with Crippen LogP contribution >= 0.6 is 0 Å². The predicted molar refractivity (Wildman–Crippen MR) is 127 cm³/mol. The highest BCUT2D eigenvalue weighted by molar-refractivity contribution is 5.75. The molecular weight excluding hydrogens is 400 g/mol. The van der Waals surface area contributed by atoms with E-state index in [0.717, 1.165) is 73.4 Å². The van der Waals surface area contributed by atoms with Gasteiger partial charge in [0.1, 0.15) is 11.5 Å². The van der Waals surface area contributed by atoms with Crippen LogP contribution in [-0.2, 0) is 6.42 Å². The third kappa shape index (κ3) is 4.60. The summed E-state index contributed by atoms with van der Waals surface area (Å²) in [6.07, 6.45) is 7.95. The minimum atomic E-state index is 0.00656. The van der Waals surface area contributed by atoms with Crippen molar-refractivity contribution in [2.75, 3.05) is 19.6 Å². The third-order valence-corrected chi connectivity index (χ3v) is 6.27. The van der Waals surface area contributed by atoms with Gasteiger partial charge in [0.2, 0.25) is 0 Å². The summed E-state index contributed by atoms with van der Waals surface area (Å²) in [6, 6.07) is 20.4. The van der Waals surface area contributed by atoms with Crippen LogP contribution in [0.1, 0.15) is 42.3 Å². The minimum Gasteiger partial charge on any atom is -0.361 e. The number of imidazole rings is 1. The van der Waals surface area contributed by atoms with E-state index in [9.17, 15) is 4.79 Å². The Balaban J connectivity index is 1.10. The van der Waals surface area contributed by atoms with E-state index in [1.165, 1.54) is 0 Å². The fourth-order valence-corrected chi connectivity index (χ4v) is 4.59. The van der Waals surface area contributed by atoms with Crippen molar-refractivity contribution in [3.05, 3.63) is 88.2 Å². The monoisotopic (exact) mass is 428 g/mol. The highest BCUT2D eigenvalue weighted by Gasteiger charge is 2.23. The van der Waals surface area contributed by atoms with Gasteiger partial charge in [0.25, 0.3) is 0 Å². The average Bonchev–Trinajstić information content (AvgIpc) is 3.42. The molecule has 4 aromatic rings. The summed E-state index contributed by atoms with van der Waals surface area (Å²) in [5.41, 5.74) is 3.94. The molecular formula is C26H28N4O2. The Bertz CT molecular complexity index is 1240. The minimum absolute atomic E-state index is 0.00656. The van der Waals surface area contributed by atoms with Crippen LogP contribution in [0.25, 0.3) is 23.2 Å². The number of nitrogens with one attached hydrogen (secondary N) is 1. The first-order valence-electron chi connectivity index (χ1n) is 11.4. The van der Waals surface area contributed by atoms with Crippen molar-refractivity contribution in [3.63, 3.8) is 0 Å². The number of aromatic amines is 1. The largest absolute Gasteiger partial charge is 0.361 e. The van der Waals surface area contributed by atoms with E-state index < -0.39 is 0 Å². The van der Waals surface area contributed by atoms with Crippen LogP contribution in [-0.4, -0.2) is 39.2 Å². The fraction of sp³-hybridized carbons (Fsp3) is 0.308. The van der Waals surface area contributed by atoms with Gasteiger partial charge < -0.3 is 14.4 Å². The van der Waals surface area contributed by atoms with Crippen LogP contribution in [0.4, 0.5) is 0 Å². The van der Waals surface area contributed by atoms with Crippen molar-refractivity contribution in [1.82, 2.24) is 19.6 Å². The number of hydrogen-bond acceptors (Lipinski definition) is 4. The second-order valence-corrected chi connectivity index (χ2v) is 8.46. The number of H-pyrrole nitrogens is 1. The average molecular weight is 429 g/mol. The first-order valence-corrected chi connectivity index (χ1v) is 11.4.